The third kappa shape index (κ3) is 5.16. The molecule has 0 aliphatic heterocycles. The van der Waals surface area contributed by atoms with Gasteiger partial charge in [0.05, 0.1) is 0 Å². The van der Waals surface area contributed by atoms with Crippen LogP contribution in [0.25, 0.3) is 0 Å². The van der Waals surface area contributed by atoms with Crippen LogP contribution in [0.3, 0.4) is 0 Å². The van der Waals surface area contributed by atoms with Crippen LogP contribution in [0.4, 0.5) is 0 Å². The predicted molar refractivity (Wildman–Crippen MR) is 84.0 cm³/mol. The Morgan fingerprint density at radius 2 is 2.05 bits per heavy atom. The molecular weight excluding hydrogens is 280 g/mol. The van der Waals surface area contributed by atoms with Gasteiger partial charge in [0.1, 0.15) is 0 Å². The summed E-state index contributed by atoms with van der Waals surface area (Å²) in [4.78, 5) is 23.4. The Labute approximate surface area is 131 Å². The van der Waals surface area contributed by atoms with E-state index in [1.165, 1.54) is 0 Å². The third-order valence-electron chi connectivity index (χ3n) is 4.40. The van der Waals surface area contributed by atoms with Gasteiger partial charge in [0.2, 0.25) is 11.8 Å². The highest BCUT2D eigenvalue weighted by Crippen LogP contribution is 2.28. The fraction of sp³-hybridized carbons (Fsp3) is 0.688. The first kappa shape index (κ1) is 16.5. The number of hydrogen-bond donors (Lipinski definition) is 2. The van der Waals surface area contributed by atoms with E-state index in [4.69, 9.17) is 0 Å². The van der Waals surface area contributed by atoms with Crippen molar-refractivity contribution in [3.8, 4) is 0 Å². The third-order valence-corrected chi connectivity index (χ3v) is 4.40. The number of aryl methyl sites for hydroxylation is 1. The number of carbonyl (C=O) groups is 2. The first-order valence-corrected chi connectivity index (χ1v) is 8.14. The van der Waals surface area contributed by atoms with Gasteiger partial charge in [-0.2, -0.15) is 5.10 Å². The normalized spacial score (nSPS) is 21.3. The highest BCUT2D eigenvalue weighted by Gasteiger charge is 2.25. The Bertz CT molecular complexity index is 465. The molecule has 122 valence electrons. The van der Waals surface area contributed by atoms with Crippen molar-refractivity contribution >= 4 is 11.8 Å². The second-order valence-corrected chi connectivity index (χ2v) is 6.01. The summed E-state index contributed by atoms with van der Waals surface area (Å²) in [5.74, 6) is 0.934. The average Bonchev–Trinajstić information content (AvgIpc) is 3.06. The van der Waals surface area contributed by atoms with Gasteiger partial charge in [0.25, 0.3) is 0 Å². The summed E-state index contributed by atoms with van der Waals surface area (Å²) < 4.78 is 1.84. The first-order chi connectivity index (χ1) is 10.7. The van der Waals surface area contributed by atoms with Crippen molar-refractivity contribution in [2.24, 2.45) is 11.8 Å². The molecule has 1 aliphatic carbocycles. The molecule has 0 atom stereocenters. The molecule has 0 spiro atoms. The van der Waals surface area contributed by atoms with Crippen LogP contribution < -0.4 is 10.6 Å². The Morgan fingerprint density at radius 3 is 2.68 bits per heavy atom. The molecule has 2 amide bonds. The smallest absolute Gasteiger partial charge is 0.222 e. The maximum absolute atomic E-state index is 11.8. The lowest BCUT2D eigenvalue weighted by Gasteiger charge is -2.27. The Balaban J connectivity index is 1.56. The predicted octanol–water partition coefficient (Wildman–Crippen LogP) is 1.33. The molecule has 1 saturated carbocycles. The largest absolute Gasteiger partial charge is 0.359 e. The summed E-state index contributed by atoms with van der Waals surface area (Å²) in [6, 6.07) is 1.88. The Morgan fingerprint density at radius 1 is 1.27 bits per heavy atom. The summed E-state index contributed by atoms with van der Waals surface area (Å²) in [6.07, 6.45) is 8.89. The number of nitrogens with zero attached hydrogens (tertiary/aromatic N) is 2. The molecule has 0 unspecified atom stereocenters. The van der Waals surface area contributed by atoms with E-state index >= 15 is 0 Å². The van der Waals surface area contributed by atoms with E-state index in [1.807, 2.05) is 16.9 Å². The molecule has 0 bridgehead atoms. The maximum Gasteiger partial charge on any atom is 0.222 e. The zero-order valence-electron chi connectivity index (χ0n) is 13.3. The second kappa shape index (κ2) is 8.56. The SMILES string of the molecule is CNC(=O)C1CCC(CNC(=O)CCCn2cccn2)CC1. The number of amides is 2. The lowest BCUT2D eigenvalue weighted by atomic mass is 9.81. The van der Waals surface area contributed by atoms with Crippen LogP contribution in [0.1, 0.15) is 38.5 Å². The van der Waals surface area contributed by atoms with E-state index < -0.39 is 0 Å². The van der Waals surface area contributed by atoms with Crippen molar-refractivity contribution < 1.29 is 9.59 Å². The van der Waals surface area contributed by atoms with Gasteiger partial charge in [-0.15, -0.1) is 0 Å². The van der Waals surface area contributed by atoms with Crippen molar-refractivity contribution in [2.75, 3.05) is 13.6 Å². The molecule has 0 radical (unpaired) electrons. The molecule has 1 aromatic heterocycles. The summed E-state index contributed by atoms with van der Waals surface area (Å²) in [7, 11) is 1.69. The number of rotatable bonds is 7. The molecular formula is C16H26N4O2. The van der Waals surface area contributed by atoms with Gasteiger partial charge in [0, 0.05) is 44.9 Å². The molecule has 1 aromatic rings. The Hall–Kier alpha value is -1.85. The van der Waals surface area contributed by atoms with Crippen molar-refractivity contribution in [1.82, 2.24) is 20.4 Å². The van der Waals surface area contributed by atoms with E-state index in [2.05, 4.69) is 15.7 Å². The van der Waals surface area contributed by atoms with Crippen LogP contribution in [0.5, 0.6) is 0 Å². The molecule has 6 nitrogen and oxygen atoms in total. The van der Waals surface area contributed by atoms with Crippen LogP contribution in [0.2, 0.25) is 0 Å². The molecule has 6 heteroatoms. The number of hydrogen-bond acceptors (Lipinski definition) is 3. The number of carbonyl (C=O) groups excluding carboxylic acids is 2. The molecule has 0 saturated heterocycles. The van der Waals surface area contributed by atoms with Gasteiger partial charge < -0.3 is 10.6 Å². The summed E-state index contributed by atoms with van der Waals surface area (Å²) >= 11 is 0. The monoisotopic (exact) mass is 306 g/mol. The van der Waals surface area contributed by atoms with Crippen LogP contribution in [0.15, 0.2) is 18.5 Å². The van der Waals surface area contributed by atoms with E-state index in [0.717, 1.165) is 45.2 Å². The lowest BCUT2D eigenvalue weighted by Crippen LogP contribution is -2.34. The molecule has 1 fully saturated rings. The van der Waals surface area contributed by atoms with Crippen LogP contribution in [-0.2, 0) is 16.1 Å². The van der Waals surface area contributed by atoms with Crippen molar-refractivity contribution in [2.45, 2.75) is 45.1 Å². The van der Waals surface area contributed by atoms with Gasteiger partial charge in [-0.1, -0.05) is 0 Å². The zero-order valence-corrected chi connectivity index (χ0v) is 13.3. The standard InChI is InChI=1S/C16H26N4O2/c1-17-16(22)14-7-5-13(6-8-14)12-18-15(21)4-2-10-20-11-3-9-19-20/h3,9,11,13-14H,2,4-8,10,12H2,1H3,(H,17,22)(H,18,21). The highest BCUT2D eigenvalue weighted by atomic mass is 16.2. The van der Waals surface area contributed by atoms with Gasteiger partial charge >= 0.3 is 0 Å². The molecule has 2 rings (SSSR count). The maximum atomic E-state index is 11.8. The minimum absolute atomic E-state index is 0.112. The lowest BCUT2D eigenvalue weighted by molar-refractivity contribution is -0.126. The van der Waals surface area contributed by atoms with Gasteiger partial charge in [-0.25, -0.2) is 0 Å². The quantitative estimate of drug-likeness (QED) is 0.798. The van der Waals surface area contributed by atoms with Crippen LogP contribution in [-0.4, -0.2) is 35.2 Å². The minimum atomic E-state index is 0.112. The highest BCUT2D eigenvalue weighted by molar-refractivity contribution is 5.78. The van der Waals surface area contributed by atoms with E-state index in [-0.39, 0.29) is 17.7 Å². The van der Waals surface area contributed by atoms with E-state index in [9.17, 15) is 9.59 Å². The van der Waals surface area contributed by atoms with Gasteiger partial charge in [-0.05, 0) is 44.1 Å². The molecule has 22 heavy (non-hydrogen) atoms. The van der Waals surface area contributed by atoms with Crippen molar-refractivity contribution in [3.05, 3.63) is 18.5 Å². The molecule has 1 heterocycles. The second-order valence-electron chi connectivity index (χ2n) is 6.01. The van der Waals surface area contributed by atoms with Crippen molar-refractivity contribution in [3.63, 3.8) is 0 Å². The summed E-state index contributed by atoms with van der Waals surface area (Å²) in [5.41, 5.74) is 0. The van der Waals surface area contributed by atoms with Gasteiger partial charge in [0.15, 0.2) is 0 Å². The average molecular weight is 306 g/mol. The molecule has 2 N–H and O–H groups in total. The number of aromatic nitrogens is 2. The fourth-order valence-corrected chi connectivity index (χ4v) is 3.01. The minimum Gasteiger partial charge on any atom is -0.359 e. The Kier molecular flexibility index (Phi) is 6.43. The molecule has 1 aliphatic rings. The van der Waals surface area contributed by atoms with E-state index in [0.29, 0.717) is 12.3 Å². The van der Waals surface area contributed by atoms with Crippen LogP contribution >= 0.6 is 0 Å². The molecule has 0 aromatic carbocycles. The zero-order chi connectivity index (χ0) is 15.8. The van der Waals surface area contributed by atoms with Crippen LogP contribution in [0, 0.1) is 11.8 Å². The van der Waals surface area contributed by atoms with E-state index in [1.54, 1.807) is 13.2 Å². The van der Waals surface area contributed by atoms with Gasteiger partial charge in [-0.3, -0.25) is 14.3 Å². The van der Waals surface area contributed by atoms with Crippen molar-refractivity contribution in [1.29, 1.82) is 0 Å². The fourth-order valence-electron chi connectivity index (χ4n) is 3.01. The summed E-state index contributed by atoms with van der Waals surface area (Å²) in [5, 5.41) is 9.85. The number of nitrogens with one attached hydrogen (secondary N) is 2. The summed E-state index contributed by atoms with van der Waals surface area (Å²) in [6.45, 7) is 1.51. The first-order valence-electron chi connectivity index (χ1n) is 8.14. The topological polar surface area (TPSA) is 76.0 Å².